The number of nitriles is 1. The molecular formula is C16H20N6O2. The Balaban J connectivity index is 1.88. The number of hydrogen-bond donors (Lipinski definition) is 1. The summed E-state index contributed by atoms with van der Waals surface area (Å²) in [5.41, 5.74) is 0.465. The molecule has 1 aliphatic rings. The fourth-order valence-electron chi connectivity index (χ4n) is 3.35. The number of carbonyl (C=O) groups is 1. The van der Waals surface area contributed by atoms with Gasteiger partial charge in [-0.1, -0.05) is 11.9 Å². The molecule has 2 aromatic rings. The van der Waals surface area contributed by atoms with E-state index in [9.17, 15) is 10.0 Å². The summed E-state index contributed by atoms with van der Waals surface area (Å²) in [5.74, 6) is 0.953. The number of likely N-dealkylation sites (N-methyl/N-ethyl adjacent to an activating group) is 1. The summed E-state index contributed by atoms with van der Waals surface area (Å²) in [6.07, 6.45) is 3.74. The molecule has 1 fully saturated rings. The Hall–Kier alpha value is -2.82. The average molecular weight is 328 g/mol. The highest BCUT2D eigenvalue weighted by molar-refractivity contribution is 5.85. The number of hydrogen-bond acceptors (Lipinski definition) is 5. The van der Waals surface area contributed by atoms with E-state index in [0.717, 1.165) is 11.8 Å². The highest BCUT2D eigenvalue weighted by atomic mass is 16.5. The molecule has 0 unspecified atom stereocenters. The van der Waals surface area contributed by atoms with Crippen LogP contribution in [0.3, 0.4) is 0 Å². The second-order valence-corrected chi connectivity index (χ2v) is 6.25. The Kier molecular flexibility index (Phi) is 4.25. The van der Waals surface area contributed by atoms with Crippen molar-refractivity contribution in [3.63, 3.8) is 0 Å². The average Bonchev–Trinajstić information content (AvgIpc) is 3.06. The Morgan fingerprint density at radius 1 is 1.67 bits per heavy atom. The molecule has 1 aliphatic heterocycles. The summed E-state index contributed by atoms with van der Waals surface area (Å²) in [5, 5.41) is 21.3. The minimum Gasteiger partial charge on any atom is -0.740 e. The Bertz CT molecular complexity index is 795. The number of fused-ring (bicyclic) bond motifs is 1. The molecule has 8 heteroatoms. The molecule has 3 heterocycles. The van der Waals surface area contributed by atoms with Gasteiger partial charge in [0.2, 0.25) is 23.7 Å². The van der Waals surface area contributed by atoms with E-state index < -0.39 is 0 Å². The molecule has 0 aromatic carbocycles. The first-order chi connectivity index (χ1) is 11.5. The van der Waals surface area contributed by atoms with Crippen molar-refractivity contribution in [2.75, 3.05) is 25.0 Å². The quantitative estimate of drug-likeness (QED) is 0.662. The maximum absolute atomic E-state index is 12.0. The minimum absolute atomic E-state index is 0.0782. The normalized spacial score (nSPS) is 20.8. The fourth-order valence-corrected chi connectivity index (χ4v) is 3.35. The molecule has 3 rings (SSSR count). The van der Waals surface area contributed by atoms with Gasteiger partial charge in [-0.2, -0.15) is 5.26 Å². The van der Waals surface area contributed by atoms with Crippen molar-refractivity contribution in [2.45, 2.75) is 25.8 Å². The van der Waals surface area contributed by atoms with Gasteiger partial charge in [0.25, 0.3) is 0 Å². The molecule has 0 spiro atoms. The Labute approximate surface area is 139 Å². The zero-order valence-corrected chi connectivity index (χ0v) is 13.8. The lowest BCUT2D eigenvalue weighted by Crippen LogP contribution is -2.53. The molecule has 8 nitrogen and oxygen atoms in total. The number of aromatic nitrogens is 3. The Morgan fingerprint density at radius 2 is 2.46 bits per heavy atom. The number of rotatable bonds is 3. The lowest BCUT2D eigenvalue weighted by Gasteiger charge is -2.41. The van der Waals surface area contributed by atoms with Gasteiger partial charge in [-0.15, -0.1) is 0 Å². The maximum Gasteiger partial charge on any atom is 0.238 e. The van der Waals surface area contributed by atoms with Crippen LogP contribution in [0.15, 0.2) is 18.6 Å². The summed E-state index contributed by atoms with van der Waals surface area (Å²) in [7, 11) is 1.93. The number of carbonyl (C=O) groups excluding carboxylic acids is 1. The third kappa shape index (κ3) is 2.73. The lowest BCUT2D eigenvalue weighted by molar-refractivity contribution is -0.582. The Morgan fingerprint density at radius 3 is 3.21 bits per heavy atom. The van der Waals surface area contributed by atoms with Crippen LogP contribution < -0.4 is 9.63 Å². The summed E-state index contributed by atoms with van der Waals surface area (Å²) in [6, 6.07) is 3.83. The van der Waals surface area contributed by atoms with Gasteiger partial charge in [0, 0.05) is 20.1 Å². The van der Waals surface area contributed by atoms with E-state index in [1.165, 1.54) is 6.33 Å². The van der Waals surface area contributed by atoms with Crippen molar-refractivity contribution in [3.8, 4) is 6.07 Å². The first-order valence-corrected chi connectivity index (χ1v) is 7.95. The second-order valence-electron chi connectivity index (χ2n) is 6.25. The molecule has 1 amide bonds. The van der Waals surface area contributed by atoms with Crippen LogP contribution in [0, 0.1) is 22.5 Å². The zero-order chi connectivity index (χ0) is 17.3. The van der Waals surface area contributed by atoms with Crippen LogP contribution >= 0.6 is 0 Å². The first kappa shape index (κ1) is 16.1. The van der Waals surface area contributed by atoms with E-state index in [1.807, 2.05) is 24.1 Å². The van der Waals surface area contributed by atoms with Gasteiger partial charge in [-0.25, -0.2) is 0 Å². The molecule has 2 aromatic heterocycles. The predicted octanol–water partition coefficient (Wildman–Crippen LogP) is 0.783. The molecule has 0 bridgehead atoms. The molecule has 1 saturated heterocycles. The van der Waals surface area contributed by atoms with Crippen molar-refractivity contribution in [3.05, 3.63) is 23.8 Å². The van der Waals surface area contributed by atoms with Gasteiger partial charge >= 0.3 is 0 Å². The number of piperidine rings is 1. The molecule has 0 aliphatic carbocycles. The van der Waals surface area contributed by atoms with Crippen LogP contribution in [-0.4, -0.2) is 47.0 Å². The summed E-state index contributed by atoms with van der Waals surface area (Å²) >= 11 is 0. The number of amides is 1. The van der Waals surface area contributed by atoms with Gasteiger partial charge in [-0.05, 0) is 18.4 Å². The van der Waals surface area contributed by atoms with Crippen molar-refractivity contribution in [1.82, 2.24) is 14.9 Å². The molecule has 2 atom stereocenters. The zero-order valence-electron chi connectivity index (χ0n) is 13.8. The lowest BCUT2D eigenvalue weighted by atomic mass is 9.92. The van der Waals surface area contributed by atoms with E-state index in [1.54, 1.807) is 11.1 Å². The van der Waals surface area contributed by atoms with Crippen LogP contribution in [-0.2, 0) is 4.79 Å². The van der Waals surface area contributed by atoms with Gasteiger partial charge in [-0.3, -0.25) is 14.5 Å². The number of nitrogens with zero attached hydrogens (tertiary/aromatic N) is 5. The maximum atomic E-state index is 12.0. The minimum atomic E-state index is -0.131. The third-order valence-electron chi connectivity index (χ3n) is 4.80. The van der Waals surface area contributed by atoms with Crippen LogP contribution in [0.1, 0.15) is 19.8 Å². The molecule has 0 saturated carbocycles. The third-order valence-corrected chi connectivity index (χ3v) is 4.80. The number of anilines is 1. The van der Waals surface area contributed by atoms with Crippen LogP contribution in [0.25, 0.3) is 11.0 Å². The van der Waals surface area contributed by atoms with E-state index in [0.29, 0.717) is 35.2 Å². The number of H-pyrrole nitrogens is 1. The van der Waals surface area contributed by atoms with E-state index in [-0.39, 0.29) is 18.4 Å². The van der Waals surface area contributed by atoms with Gasteiger partial charge in [0.05, 0.1) is 18.3 Å². The monoisotopic (exact) mass is 328 g/mol. The molecule has 1 N–H and O–H groups in total. The van der Waals surface area contributed by atoms with E-state index in [4.69, 9.17) is 5.26 Å². The van der Waals surface area contributed by atoms with Crippen molar-refractivity contribution >= 4 is 22.8 Å². The summed E-state index contributed by atoms with van der Waals surface area (Å²) in [4.78, 5) is 23.0. The topological polar surface area (TPSA) is 103 Å². The largest absolute Gasteiger partial charge is 0.740 e. The SMILES string of the molecule is C[C@@H]1CCN(C(=O)CC#N)C[C@@H]1N(C)c1nc[n+]([O-])c2[nH]ccc12. The summed E-state index contributed by atoms with van der Waals surface area (Å²) in [6.45, 7) is 3.38. The van der Waals surface area contributed by atoms with Crippen molar-refractivity contribution < 1.29 is 9.52 Å². The smallest absolute Gasteiger partial charge is 0.238 e. The van der Waals surface area contributed by atoms with Crippen molar-refractivity contribution in [1.29, 1.82) is 5.26 Å². The standard InChI is InChI=1S/C16H20N6O2/c1-11-5-8-21(14(23)3-6-17)9-13(11)20(2)15-12-4-7-18-16(12)22(24)10-19-15/h4,7,10-11,13,18H,3,5,8-9H2,1-2H3/t11-,13+/m1/s1. The van der Waals surface area contributed by atoms with E-state index >= 15 is 0 Å². The highest BCUT2D eigenvalue weighted by Gasteiger charge is 2.33. The fraction of sp³-hybridized carbons (Fsp3) is 0.500. The number of aromatic amines is 1. The molecule has 0 radical (unpaired) electrons. The number of likely N-dealkylation sites (tertiary alicyclic amines) is 1. The number of nitrogens with one attached hydrogen (secondary N) is 1. The molecule has 126 valence electrons. The predicted molar refractivity (Wildman–Crippen MR) is 87.8 cm³/mol. The van der Waals surface area contributed by atoms with Crippen LogP contribution in [0.4, 0.5) is 5.82 Å². The molecular weight excluding hydrogens is 308 g/mol. The second kappa shape index (κ2) is 6.35. The highest BCUT2D eigenvalue weighted by Crippen LogP contribution is 2.28. The van der Waals surface area contributed by atoms with Crippen molar-refractivity contribution in [2.24, 2.45) is 5.92 Å². The van der Waals surface area contributed by atoms with E-state index in [2.05, 4.69) is 16.9 Å². The van der Waals surface area contributed by atoms with Gasteiger partial charge in [0.15, 0.2) is 0 Å². The molecule has 24 heavy (non-hydrogen) atoms. The van der Waals surface area contributed by atoms with Crippen LogP contribution in [0.5, 0.6) is 0 Å². The van der Waals surface area contributed by atoms with Gasteiger partial charge in [0.1, 0.15) is 11.8 Å². The van der Waals surface area contributed by atoms with Gasteiger partial charge < -0.3 is 15.0 Å². The summed E-state index contributed by atoms with van der Waals surface area (Å²) < 4.78 is 0.708. The van der Waals surface area contributed by atoms with Crippen LogP contribution in [0.2, 0.25) is 0 Å². The first-order valence-electron chi connectivity index (χ1n) is 7.95.